The van der Waals surface area contributed by atoms with E-state index in [1.54, 1.807) is 24.3 Å². The first-order chi connectivity index (χ1) is 10.8. The van der Waals surface area contributed by atoms with Crippen molar-refractivity contribution in [1.82, 2.24) is 15.6 Å². The van der Waals surface area contributed by atoms with E-state index in [1.165, 1.54) is 6.21 Å². The van der Waals surface area contributed by atoms with Crippen LogP contribution in [0.25, 0.3) is 10.9 Å². The number of fused-ring (bicyclic) bond motifs is 1. The topological polar surface area (TPSA) is 93.9 Å². The molecule has 2 aromatic carbocycles. The second kappa shape index (κ2) is 5.89. The number of hydrazone groups is 1. The van der Waals surface area contributed by atoms with E-state index >= 15 is 0 Å². The Morgan fingerprint density at radius 1 is 1.23 bits per heavy atom. The van der Waals surface area contributed by atoms with E-state index in [1.807, 2.05) is 30.3 Å². The summed E-state index contributed by atoms with van der Waals surface area (Å²) in [5.74, 6) is -0.387. The maximum Gasteiger partial charge on any atom is 0.292 e. The van der Waals surface area contributed by atoms with Crippen molar-refractivity contribution in [3.8, 4) is 6.07 Å². The lowest BCUT2D eigenvalue weighted by Gasteiger charge is -1.97. The molecule has 0 saturated carbocycles. The van der Waals surface area contributed by atoms with Gasteiger partial charge in [-0.3, -0.25) is 9.89 Å². The predicted octanol–water partition coefficient (Wildman–Crippen LogP) is 2.20. The number of nitriles is 1. The van der Waals surface area contributed by atoms with E-state index < -0.39 is 0 Å². The van der Waals surface area contributed by atoms with Gasteiger partial charge < -0.3 is 0 Å². The molecule has 0 atom stereocenters. The molecule has 3 rings (SSSR count). The molecule has 0 unspecified atom stereocenters. The number of aromatic nitrogens is 2. The van der Waals surface area contributed by atoms with Crippen LogP contribution in [0.5, 0.6) is 0 Å². The first kappa shape index (κ1) is 13.5. The van der Waals surface area contributed by atoms with Gasteiger partial charge in [0.1, 0.15) is 0 Å². The minimum absolute atomic E-state index is 0.299. The lowest BCUT2D eigenvalue weighted by atomic mass is 10.2. The maximum absolute atomic E-state index is 12.1. The smallest absolute Gasteiger partial charge is 0.277 e. The van der Waals surface area contributed by atoms with Crippen LogP contribution in [0.2, 0.25) is 0 Å². The van der Waals surface area contributed by atoms with Gasteiger partial charge in [-0.15, -0.1) is 0 Å². The molecule has 2 N–H and O–H groups in total. The molecule has 1 heterocycles. The Morgan fingerprint density at radius 3 is 2.77 bits per heavy atom. The van der Waals surface area contributed by atoms with Crippen LogP contribution in [0.4, 0.5) is 0 Å². The Kier molecular flexibility index (Phi) is 3.62. The molecule has 0 spiro atoms. The van der Waals surface area contributed by atoms with Gasteiger partial charge in [0, 0.05) is 5.39 Å². The number of H-pyrrole nitrogens is 1. The van der Waals surface area contributed by atoms with Crippen molar-refractivity contribution >= 4 is 23.0 Å². The number of benzene rings is 2. The van der Waals surface area contributed by atoms with Crippen molar-refractivity contribution in [3.63, 3.8) is 0 Å². The highest BCUT2D eigenvalue weighted by atomic mass is 16.2. The molecule has 0 aliphatic carbocycles. The van der Waals surface area contributed by atoms with Gasteiger partial charge in [0.2, 0.25) is 0 Å². The minimum atomic E-state index is -0.387. The summed E-state index contributed by atoms with van der Waals surface area (Å²) in [7, 11) is 0. The molecule has 6 nitrogen and oxygen atoms in total. The number of aromatic amines is 1. The fourth-order valence-corrected chi connectivity index (χ4v) is 2.00. The number of nitrogens with one attached hydrogen (secondary N) is 2. The molecule has 0 fully saturated rings. The van der Waals surface area contributed by atoms with E-state index in [0.29, 0.717) is 11.3 Å². The number of rotatable bonds is 3. The monoisotopic (exact) mass is 289 g/mol. The number of nitrogens with zero attached hydrogens (tertiary/aromatic N) is 3. The van der Waals surface area contributed by atoms with Gasteiger partial charge in [0.15, 0.2) is 5.69 Å². The number of para-hydroxylation sites is 1. The van der Waals surface area contributed by atoms with Crippen molar-refractivity contribution in [2.45, 2.75) is 0 Å². The molecule has 0 saturated heterocycles. The van der Waals surface area contributed by atoms with Crippen LogP contribution < -0.4 is 5.43 Å². The molecule has 1 aromatic heterocycles. The van der Waals surface area contributed by atoms with Crippen LogP contribution in [0.1, 0.15) is 21.6 Å². The Balaban J connectivity index is 1.71. The standard InChI is InChI=1S/C16H11N5O/c17-9-11-5-7-12(8-6-11)10-18-21-16(22)15-13-3-1-2-4-14(13)19-20-15/h1-8,10H,(H,19,20)(H,21,22)/b18-10+. The fourth-order valence-electron chi connectivity index (χ4n) is 2.00. The summed E-state index contributed by atoms with van der Waals surface area (Å²) in [4.78, 5) is 12.1. The summed E-state index contributed by atoms with van der Waals surface area (Å²) in [6.45, 7) is 0. The van der Waals surface area contributed by atoms with Gasteiger partial charge >= 0.3 is 0 Å². The second-order valence-corrected chi connectivity index (χ2v) is 4.55. The summed E-state index contributed by atoms with van der Waals surface area (Å²) in [5.41, 5.74) is 4.89. The van der Waals surface area contributed by atoms with Crippen LogP contribution in [0.3, 0.4) is 0 Å². The highest BCUT2D eigenvalue weighted by Crippen LogP contribution is 2.14. The van der Waals surface area contributed by atoms with Gasteiger partial charge in [0.25, 0.3) is 5.91 Å². The molecule has 106 valence electrons. The molecule has 6 heteroatoms. The van der Waals surface area contributed by atoms with E-state index in [-0.39, 0.29) is 5.91 Å². The van der Waals surface area contributed by atoms with Crippen LogP contribution in [0, 0.1) is 11.3 Å². The summed E-state index contributed by atoms with van der Waals surface area (Å²) >= 11 is 0. The van der Waals surface area contributed by atoms with Crippen molar-refractivity contribution in [2.75, 3.05) is 0 Å². The third-order valence-corrected chi connectivity index (χ3v) is 3.10. The molecule has 1 amide bonds. The van der Waals surface area contributed by atoms with Crippen molar-refractivity contribution in [1.29, 1.82) is 5.26 Å². The van der Waals surface area contributed by atoms with E-state index in [9.17, 15) is 4.79 Å². The van der Waals surface area contributed by atoms with E-state index in [0.717, 1.165) is 16.5 Å². The first-order valence-corrected chi connectivity index (χ1v) is 6.54. The number of carbonyl (C=O) groups is 1. The zero-order valence-electron chi connectivity index (χ0n) is 11.4. The average Bonchev–Trinajstić information content (AvgIpc) is 2.99. The number of amides is 1. The van der Waals surface area contributed by atoms with Crippen LogP contribution in [-0.2, 0) is 0 Å². The molecule has 3 aromatic rings. The Morgan fingerprint density at radius 2 is 2.00 bits per heavy atom. The largest absolute Gasteiger partial charge is 0.292 e. The maximum atomic E-state index is 12.1. The number of hydrogen-bond acceptors (Lipinski definition) is 4. The minimum Gasteiger partial charge on any atom is -0.277 e. The lowest BCUT2D eigenvalue weighted by Crippen LogP contribution is -2.18. The van der Waals surface area contributed by atoms with Gasteiger partial charge in [-0.25, -0.2) is 5.43 Å². The molecule has 22 heavy (non-hydrogen) atoms. The number of hydrogen-bond donors (Lipinski definition) is 2. The normalized spacial score (nSPS) is 10.7. The Hall–Kier alpha value is -3.46. The summed E-state index contributed by atoms with van der Waals surface area (Å²) < 4.78 is 0. The molecule has 0 aliphatic rings. The summed E-state index contributed by atoms with van der Waals surface area (Å²) in [6, 6.07) is 16.3. The van der Waals surface area contributed by atoms with Crippen LogP contribution in [-0.4, -0.2) is 22.3 Å². The van der Waals surface area contributed by atoms with Crippen molar-refractivity contribution in [3.05, 3.63) is 65.4 Å². The zero-order valence-corrected chi connectivity index (χ0v) is 11.4. The van der Waals surface area contributed by atoms with Crippen molar-refractivity contribution in [2.24, 2.45) is 5.10 Å². The van der Waals surface area contributed by atoms with Gasteiger partial charge in [0.05, 0.1) is 23.4 Å². The van der Waals surface area contributed by atoms with Crippen LogP contribution in [0.15, 0.2) is 53.6 Å². The molecular weight excluding hydrogens is 278 g/mol. The van der Waals surface area contributed by atoms with Crippen LogP contribution >= 0.6 is 0 Å². The zero-order chi connectivity index (χ0) is 15.4. The highest BCUT2D eigenvalue weighted by molar-refractivity contribution is 6.04. The molecule has 0 aliphatic heterocycles. The predicted molar refractivity (Wildman–Crippen MR) is 82.3 cm³/mol. The third-order valence-electron chi connectivity index (χ3n) is 3.10. The Labute approximate surface area is 126 Å². The van der Waals surface area contributed by atoms with Crippen molar-refractivity contribution < 1.29 is 4.79 Å². The summed E-state index contributed by atoms with van der Waals surface area (Å²) in [6.07, 6.45) is 1.51. The quantitative estimate of drug-likeness (QED) is 0.571. The second-order valence-electron chi connectivity index (χ2n) is 4.55. The highest BCUT2D eigenvalue weighted by Gasteiger charge is 2.12. The summed E-state index contributed by atoms with van der Waals surface area (Å²) in [5, 5.41) is 20.2. The van der Waals surface area contributed by atoms with Gasteiger partial charge in [-0.1, -0.05) is 30.3 Å². The molecular formula is C16H11N5O. The third kappa shape index (κ3) is 2.69. The molecule has 0 radical (unpaired) electrons. The van der Waals surface area contributed by atoms with Gasteiger partial charge in [-0.2, -0.15) is 15.5 Å². The SMILES string of the molecule is N#Cc1ccc(/C=N/NC(=O)c2n[nH]c3ccccc23)cc1. The van der Waals surface area contributed by atoms with E-state index in [2.05, 4.69) is 20.7 Å². The number of carbonyl (C=O) groups excluding carboxylic acids is 1. The van der Waals surface area contributed by atoms with E-state index in [4.69, 9.17) is 5.26 Å². The average molecular weight is 289 g/mol. The lowest BCUT2D eigenvalue weighted by molar-refractivity contribution is 0.0951. The first-order valence-electron chi connectivity index (χ1n) is 6.54. The fraction of sp³-hybridized carbons (Fsp3) is 0. The molecule has 0 bridgehead atoms. The van der Waals surface area contributed by atoms with Gasteiger partial charge in [-0.05, 0) is 23.8 Å². The Bertz CT molecular complexity index is 887.